The molecule has 0 saturated carbocycles. The average Bonchev–Trinajstić information content (AvgIpc) is 3.29. The Morgan fingerprint density at radius 2 is 1.75 bits per heavy atom. The van der Waals surface area contributed by atoms with Crippen molar-refractivity contribution >= 4 is 51.1 Å². The number of amides is 2. The number of aromatic nitrogens is 1. The summed E-state index contributed by atoms with van der Waals surface area (Å²) in [5.74, 6) is -0.380. The molecule has 2 aromatic heterocycles. The molecule has 2 heterocycles. The molecule has 0 radical (unpaired) electrons. The molecule has 0 spiro atoms. The summed E-state index contributed by atoms with van der Waals surface area (Å²) in [6.45, 7) is 3.40. The Labute approximate surface area is 170 Å². The summed E-state index contributed by atoms with van der Waals surface area (Å²) < 4.78 is 0. The third-order valence-corrected chi connectivity index (χ3v) is 5.65. The third kappa shape index (κ3) is 5.34. The highest BCUT2D eigenvalue weighted by atomic mass is 32.1. The second-order valence-electron chi connectivity index (χ2n) is 6.18. The molecule has 3 aromatic rings. The van der Waals surface area contributed by atoms with Gasteiger partial charge in [-0.25, -0.2) is 4.98 Å². The summed E-state index contributed by atoms with van der Waals surface area (Å²) in [5, 5.41) is 7.80. The maximum absolute atomic E-state index is 12.1. The summed E-state index contributed by atoms with van der Waals surface area (Å²) in [4.78, 5) is 41.4. The van der Waals surface area contributed by atoms with Gasteiger partial charge >= 0.3 is 0 Å². The van der Waals surface area contributed by atoms with Crippen LogP contribution in [0.2, 0.25) is 0 Å². The van der Waals surface area contributed by atoms with Crippen molar-refractivity contribution in [1.29, 1.82) is 0 Å². The van der Waals surface area contributed by atoms with Crippen LogP contribution in [0, 0.1) is 6.92 Å². The fourth-order valence-corrected chi connectivity index (χ4v) is 4.08. The van der Waals surface area contributed by atoms with Crippen molar-refractivity contribution < 1.29 is 14.4 Å². The molecule has 144 valence electrons. The largest absolute Gasteiger partial charge is 0.326 e. The minimum Gasteiger partial charge on any atom is -0.326 e. The quantitative estimate of drug-likeness (QED) is 0.548. The molecule has 2 N–H and O–H groups in total. The highest BCUT2D eigenvalue weighted by Crippen LogP contribution is 2.26. The molecule has 3 rings (SSSR count). The SMILES string of the molecule is CC(=O)Nc1ccc(-c2csc(NC(=O)CCC(=O)c3ccc(C)s3)n2)cc1. The van der Waals surface area contributed by atoms with E-state index in [0.29, 0.717) is 15.7 Å². The Morgan fingerprint density at radius 3 is 2.39 bits per heavy atom. The lowest BCUT2D eigenvalue weighted by Crippen LogP contribution is -2.13. The molecule has 0 aliphatic rings. The Morgan fingerprint density at radius 1 is 1.00 bits per heavy atom. The standard InChI is InChI=1S/C20H19N3O3S2/c1-12-3-9-18(28-12)17(25)8-10-19(26)23-20-22-16(11-27-20)14-4-6-15(7-5-14)21-13(2)24/h3-7,9,11H,8,10H2,1-2H3,(H,21,24)(H,22,23,26). The van der Waals surface area contributed by atoms with Gasteiger partial charge in [-0.3, -0.25) is 14.4 Å². The van der Waals surface area contributed by atoms with E-state index < -0.39 is 0 Å². The predicted molar refractivity (Wildman–Crippen MR) is 113 cm³/mol. The van der Waals surface area contributed by atoms with Crippen molar-refractivity contribution in [3.63, 3.8) is 0 Å². The molecule has 0 unspecified atom stereocenters. The number of thiophene rings is 1. The van der Waals surface area contributed by atoms with Gasteiger partial charge in [-0.1, -0.05) is 12.1 Å². The van der Waals surface area contributed by atoms with Crippen LogP contribution < -0.4 is 10.6 Å². The van der Waals surface area contributed by atoms with E-state index in [9.17, 15) is 14.4 Å². The number of aryl methyl sites for hydroxylation is 1. The van der Waals surface area contributed by atoms with E-state index in [0.717, 1.165) is 16.1 Å². The van der Waals surface area contributed by atoms with Crippen molar-refractivity contribution in [2.75, 3.05) is 10.6 Å². The summed E-state index contributed by atoms with van der Waals surface area (Å²) >= 11 is 2.77. The van der Waals surface area contributed by atoms with Crippen molar-refractivity contribution in [3.05, 3.63) is 51.5 Å². The zero-order chi connectivity index (χ0) is 20.1. The Bertz CT molecular complexity index is 1010. The van der Waals surface area contributed by atoms with Crippen molar-refractivity contribution in [2.45, 2.75) is 26.7 Å². The van der Waals surface area contributed by atoms with Gasteiger partial charge in [-0.2, -0.15) is 0 Å². The number of benzene rings is 1. The van der Waals surface area contributed by atoms with E-state index in [4.69, 9.17) is 0 Å². The van der Waals surface area contributed by atoms with Crippen LogP contribution >= 0.6 is 22.7 Å². The highest BCUT2D eigenvalue weighted by Gasteiger charge is 2.13. The number of hydrogen-bond acceptors (Lipinski definition) is 6. The summed E-state index contributed by atoms with van der Waals surface area (Å²) in [5.41, 5.74) is 2.33. The van der Waals surface area contributed by atoms with Crippen LogP contribution in [-0.4, -0.2) is 22.6 Å². The predicted octanol–water partition coefficient (Wildman–Crippen LogP) is 4.74. The first-order valence-electron chi connectivity index (χ1n) is 8.64. The number of anilines is 2. The molecule has 0 fully saturated rings. The summed E-state index contributed by atoms with van der Waals surface area (Å²) in [6.07, 6.45) is 0.296. The lowest BCUT2D eigenvalue weighted by molar-refractivity contribution is -0.116. The van der Waals surface area contributed by atoms with E-state index in [1.807, 2.05) is 30.5 Å². The minimum absolute atomic E-state index is 0.0210. The van der Waals surface area contributed by atoms with Gasteiger partial charge in [0.15, 0.2) is 10.9 Å². The number of thiazole rings is 1. The van der Waals surface area contributed by atoms with E-state index >= 15 is 0 Å². The van der Waals surface area contributed by atoms with E-state index in [1.54, 1.807) is 18.2 Å². The van der Waals surface area contributed by atoms with Gasteiger partial charge in [0.1, 0.15) is 0 Å². The number of Topliss-reactive ketones (excluding diaryl/α,β-unsaturated/α-hetero) is 1. The van der Waals surface area contributed by atoms with Crippen LogP contribution in [0.3, 0.4) is 0 Å². The first kappa shape index (κ1) is 19.9. The minimum atomic E-state index is -0.233. The zero-order valence-electron chi connectivity index (χ0n) is 15.4. The molecule has 2 amide bonds. The van der Waals surface area contributed by atoms with Crippen LogP contribution in [0.1, 0.15) is 34.3 Å². The second kappa shape index (κ2) is 8.90. The van der Waals surface area contributed by atoms with Gasteiger partial charge < -0.3 is 10.6 Å². The van der Waals surface area contributed by atoms with Crippen molar-refractivity contribution in [1.82, 2.24) is 4.98 Å². The number of rotatable bonds is 7. The fourth-order valence-electron chi connectivity index (χ4n) is 2.51. The van der Waals surface area contributed by atoms with Crippen LogP contribution in [0.25, 0.3) is 11.3 Å². The number of ketones is 1. The van der Waals surface area contributed by atoms with Crippen LogP contribution in [-0.2, 0) is 9.59 Å². The Balaban J connectivity index is 1.54. The molecular formula is C20H19N3O3S2. The molecule has 8 heteroatoms. The first-order chi connectivity index (χ1) is 13.4. The van der Waals surface area contributed by atoms with Crippen LogP contribution in [0.5, 0.6) is 0 Å². The lowest BCUT2D eigenvalue weighted by Gasteiger charge is -2.03. The van der Waals surface area contributed by atoms with Crippen LogP contribution in [0.15, 0.2) is 41.8 Å². The monoisotopic (exact) mass is 413 g/mol. The molecule has 0 aliphatic heterocycles. The molecule has 0 bridgehead atoms. The first-order valence-corrected chi connectivity index (χ1v) is 10.3. The van der Waals surface area contributed by atoms with Gasteiger partial charge in [-0.15, -0.1) is 22.7 Å². The molecule has 0 saturated heterocycles. The van der Waals surface area contributed by atoms with Crippen LogP contribution in [0.4, 0.5) is 10.8 Å². The van der Waals surface area contributed by atoms with Crippen molar-refractivity contribution in [3.8, 4) is 11.3 Å². The smallest absolute Gasteiger partial charge is 0.226 e. The van der Waals surface area contributed by atoms with Gasteiger partial charge in [0, 0.05) is 41.3 Å². The van der Waals surface area contributed by atoms with Crippen molar-refractivity contribution in [2.24, 2.45) is 0 Å². The highest BCUT2D eigenvalue weighted by molar-refractivity contribution is 7.14. The van der Waals surface area contributed by atoms with Gasteiger partial charge in [0.05, 0.1) is 10.6 Å². The average molecular weight is 414 g/mol. The fraction of sp³-hybridized carbons (Fsp3) is 0.200. The topological polar surface area (TPSA) is 88.2 Å². The number of carbonyl (C=O) groups is 3. The Kier molecular flexibility index (Phi) is 6.33. The molecule has 6 nitrogen and oxygen atoms in total. The molecule has 0 atom stereocenters. The van der Waals surface area contributed by atoms with E-state index in [2.05, 4.69) is 15.6 Å². The molecule has 28 heavy (non-hydrogen) atoms. The van der Waals surface area contributed by atoms with Gasteiger partial charge in [0.2, 0.25) is 11.8 Å². The van der Waals surface area contributed by atoms with E-state index in [1.165, 1.54) is 29.6 Å². The van der Waals surface area contributed by atoms with Gasteiger partial charge in [0.25, 0.3) is 0 Å². The van der Waals surface area contributed by atoms with Gasteiger partial charge in [-0.05, 0) is 31.2 Å². The molecule has 0 aliphatic carbocycles. The third-order valence-electron chi connectivity index (χ3n) is 3.85. The number of nitrogens with zero attached hydrogens (tertiary/aromatic N) is 1. The summed E-state index contributed by atoms with van der Waals surface area (Å²) in [7, 11) is 0. The Hall–Kier alpha value is -2.84. The summed E-state index contributed by atoms with van der Waals surface area (Å²) in [6, 6.07) is 11.0. The molecular weight excluding hydrogens is 394 g/mol. The maximum Gasteiger partial charge on any atom is 0.226 e. The maximum atomic E-state index is 12.1. The number of nitrogens with one attached hydrogen (secondary N) is 2. The lowest BCUT2D eigenvalue weighted by atomic mass is 10.1. The number of carbonyl (C=O) groups excluding carboxylic acids is 3. The second-order valence-corrected chi connectivity index (χ2v) is 8.32. The molecule has 1 aromatic carbocycles. The zero-order valence-corrected chi connectivity index (χ0v) is 17.1. The number of hydrogen-bond donors (Lipinski definition) is 2. The van der Waals surface area contributed by atoms with E-state index in [-0.39, 0.29) is 30.4 Å². The normalized spacial score (nSPS) is 10.5.